The van der Waals surface area contributed by atoms with Gasteiger partial charge in [0.15, 0.2) is 5.82 Å². The molecule has 0 saturated carbocycles. The number of carbonyl (C=O) groups is 2. The Morgan fingerprint density at radius 3 is 2.86 bits per heavy atom. The SMILES string of the molecule is Cc1c(NC(=O)NCCc2ncon2)cccc1C(=O)O. The van der Waals surface area contributed by atoms with E-state index in [1.807, 2.05) is 0 Å². The number of rotatable bonds is 5. The lowest BCUT2D eigenvalue weighted by atomic mass is 10.1. The zero-order valence-corrected chi connectivity index (χ0v) is 11.3. The zero-order valence-electron chi connectivity index (χ0n) is 11.3. The van der Waals surface area contributed by atoms with Gasteiger partial charge in [0.25, 0.3) is 0 Å². The average molecular weight is 290 g/mol. The molecular formula is C13H14N4O4. The lowest BCUT2D eigenvalue weighted by Crippen LogP contribution is -2.31. The minimum atomic E-state index is -1.03. The van der Waals surface area contributed by atoms with E-state index >= 15 is 0 Å². The first-order valence-corrected chi connectivity index (χ1v) is 6.21. The number of hydrogen-bond donors (Lipinski definition) is 3. The number of aromatic nitrogens is 2. The Hall–Kier alpha value is -2.90. The normalized spacial score (nSPS) is 10.1. The van der Waals surface area contributed by atoms with Crippen LogP contribution in [-0.4, -0.2) is 33.8 Å². The van der Waals surface area contributed by atoms with Crippen molar-refractivity contribution in [2.24, 2.45) is 0 Å². The fourth-order valence-electron chi connectivity index (χ4n) is 1.76. The third-order valence-electron chi connectivity index (χ3n) is 2.85. The number of carbonyl (C=O) groups excluding carboxylic acids is 1. The molecule has 110 valence electrons. The van der Waals surface area contributed by atoms with Crippen LogP contribution in [0.2, 0.25) is 0 Å². The van der Waals surface area contributed by atoms with Crippen molar-refractivity contribution in [3.8, 4) is 0 Å². The maximum atomic E-state index is 11.7. The van der Waals surface area contributed by atoms with E-state index in [-0.39, 0.29) is 5.56 Å². The van der Waals surface area contributed by atoms with Gasteiger partial charge in [0.05, 0.1) is 5.56 Å². The summed E-state index contributed by atoms with van der Waals surface area (Å²) in [6.07, 6.45) is 1.66. The van der Waals surface area contributed by atoms with Gasteiger partial charge in [-0.15, -0.1) is 0 Å². The second kappa shape index (κ2) is 6.51. The molecule has 0 fully saturated rings. The average Bonchev–Trinajstić information content (AvgIpc) is 2.94. The molecule has 0 radical (unpaired) electrons. The van der Waals surface area contributed by atoms with Crippen molar-refractivity contribution >= 4 is 17.7 Å². The van der Waals surface area contributed by atoms with Crippen molar-refractivity contribution < 1.29 is 19.2 Å². The molecule has 0 saturated heterocycles. The van der Waals surface area contributed by atoms with E-state index < -0.39 is 12.0 Å². The summed E-state index contributed by atoms with van der Waals surface area (Å²) in [4.78, 5) is 26.6. The Morgan fingerprint density at radius 1 is 1.38 bits per heavy atom. The summed E-state index contributed by atoms with van der Waals surface area (Å²) in [6.45, 7) is 1.97. The molecule has 0 atom stereocenters. The van der Waals surface area contributed by atoms with Gasteiger partial charge in [-0.2, -0.15) is 4.98 Å². The van der Waals surface area contributed by atoms with Crippen LogP contribution in [0.4, 0.5) is 10.5 Å². The molecule has 0 unspecified atom stereocenters. The largest absolute Gasteiger partial charge is 0.478 e. The number of carboxylic acids is 1. The first-order valence-electron chi connectivity index (χ1n) is 6.21. The topological polar surface area (TPSA) is 117 Å². The standard InChI is InChI=1S/C13H14N4O4/c1-8-9(12(18)19)3-2-4-10(8)16-13(20)14-6-5-11-15-7-21-17-11/h2-4,7H,5-6H2,1H3,(H,18,19)(H2,14,16,20). The smallest absolute Gasteiger partial charge is 0.336 e. The number of benzene rings is 1. The highest BCUT2D eigenvalue weighted by Crippen LogP contribution is 2.18. The molecule has 1 aromatic heterocycles. The molecule has 8 nitrogen and oxygen atoms in total. The maximum Gasteiger partial charge on any atom is 0.336 e. The number of amides is 2. The summed E-state index contributed by atoms with van der Waals surface area (Å²) in [5, 5.41) is 17.9. The summed E-state index contributed by atoms with van der Waals surface area (Å²) >= 11 is 0. The minimum absolute atomic E-state index is 0.152. The number of carboxylic acid groups (broad SMARTS) is 1. The van der Waals surface area contributed by atoms with Gasteiger partial charge < -0.3 is 20.3 Å². The summed E-state index contributed by atoms with van der Waals surface area (Å²) < 4.78 is 4.57. The molecule has 21 heavy (non-hydrogen) atoms. The first-order chi connectivity index (χ1) is 10.1. The summed E-state index contributed by atoms with van der Waals surface area (Å²) in [5.74, 6) is -0.534. The summed E-state index contributed by atoms with van der Waals surface area (Å²) in [7, 11) is 0. The van der Waals surface area contributed by atoms with E-state index in [0.29, 0.717) is 30.0 Å². The van der Waals surface area contributed by atoms with Crippen molar-refractivity contribution in [1.82, 2.24) is 15.5 Å². The third-order valence-corrected chi connectivity index (χ3v) is 2.85. The number of aromatic carboxylic acids is 1. The van der Waals surface area contributed by atoms with E-state index in [1.165, 1.54) is 12.5 Å². The molecule has 3 N–H and O–H groups in total. The Kier molecular flexibility index (Phi) is 4.50. The van der Waals surface area contributed by atoms with Crippen LogP contribution in [0.25, 0.3) is 0 Å². The number of urea groups is 1. The highest BCUT2D eigenvalue weighted by atomic mass is 16.5. The van der Waals surface area contributed by atoms with Crippen molar-refractivity contribution in [3.05, 3.63) is 41.5 Å². The highest BCUT2D eigenvalue weighted by Gasteiger charge is 2.11. The number of nitrogens with zero attached hydrogens (tertiary/aromatic N) is 2. The van der Waals surface area contributed by atoms with Gasteiger partial charge in [0, 0.05) is 18.7 Å². The third kappa shape index (κ3) is 3.78. The fraction of sp³-hybridized carbons (Fsp3) is 0.231. The van der Waals surface area contributed by atoms with E-state index in [1.54, 1.807) is 19.1 Å². The van der Waals surface area contributed by atoms with Crippen molar-refractivity contribution in [2.45, 2.75) is 13.3 Å². The van der Waals surface area contributed by atoms with Crippen LogP contribution in [0.3, 0.4) is 0 Å². The molecule has 1 aromatic carbocycles. The molecule has 0 aliphatic carbocycles. The van der Waals surface area contributed by atoms with Gasteiger partial charge in [0.1, 0.15) is 0 Å². The Morgan fingerprint density at radius 2 is 2.19 bits per heavy atom. The number of hydrogen-bond acceptors (Lipinski definition) is 5. The lowest BCUT2D eigenvalue weighted by molar-refractivity contribution is 0.0696. The molecule has 0 bridgehead atoms. The van der Waals surface area contributed by atoms with Crippen LogP contribution in [0.15, 0.2) is 29.1 Å². The van der Waals surface area contributed by atoms with Gasteiger partial charge in [-0.25, -0.2) is 9.59 Å². The number of nitrogens with one attached hydrogen (secondary N) is 2. The van der Waals surface area contributed by atoms with Crippen LogP contribution < -0.4 is 10.6 Å². The van der Waals surface area contributed by atoms with Crippen molar-refractivity contribution in [2.75, 3.05) is 11.9 Å². The van der Waals surface area contributed by atoms with Crippen molar-refractivity contribution in [1.29, 1.82) is 0 Å². The van der Waals surface area contributed by atoms with Gasteiger partial charge in [0.2, 0.25) is 6.39 Å². The number of anilines is 1. The van der Waals surface area contributed by atoms with Gasteiger partial charge >= 0.3 is 12.0 Å². The van der Waals surface area contributed by atoms with Crippen LogP contribution in [0, 0.1) is 6.92 Å². The summed E-state index contributed by atoms with van der Waals surface area (Å²) in [5.41, 5.74) is 1.10. The molecular weight excluding hydrogens is 276 g/mol. The minimum Gasteiger partial charge on any atom is -0.478 e. The van der Waals surface area contributed by atoms with E-state index in [0.717, 1.165) is 0 Å². The van der Waals surface area contributed by atoms with Crippen LogP contribution in [-0.2, 0) is 6.42 Å². The van der Waals surface area contributed by atoms with Crippen LogP contribution in [0.5, 0.6) is 0 Å². The molecule has 2 amide bonds. The van der Waals surface area contributed by atoms with E-state index in [9.17, 15) is 9.59 Å². The second-order valence-corrected chi connectivity index (χ2v) is 4.26. The molecule has 0 spiro atoms. The predicted molar refractivity (Wildman–Crippen MR) is 73.2 cm³/mol. The molecule has 8 heteroatoms. The predicted octanol–water partition coefficient (Wildman–Crippen LogP) is 1.44. The Balaban J connectivity index is 1.90. The van der Waals surface area contributed by atoms with Gasteiger partial charge in [-0.1, -0.05) is 11.2 Å². The highest BCUT2D eigenvalue weighted by molar-refractivity contribution is 5.95. The molecule has 2 rings (SSSR count). The van der Waals surface area contributed by atoms with E-state index in [4.69, 9.17) is 5.11 Å². The molecule has 1 heterocycles. The molecule has 2 aromatic rings. The lowest BCUT2D eigenvalue weighted by Gasteiger charge is -2.11. The molecule has 0 aliphatic heterocycles. The van der Waals surface area contributed by atoms with Crippen LogP contribution >= 0.6 is 0 Å². The monoisotopic (exact) mass is 290 g/mol. The fourth-order valence-corrected chi connectivity index (χ4v) is 1.76. The zero-order chi connectivity index (χ0) is 15.2. The second-order valence-electron chi connectivity index (χ2n) is 4.26. The molecule has 0 aliphatic rings. The van der Waals surface area contributed by atoms with Gasteiger partial charge in [-0.3, -0.25) is 0 Å². The maximum absolute atomic E-state index is 11.7. The van der Waals surface area contributed by atoms with Gasteiger partial charge in [-0.05, 0) is 24.6 Å². The van der Waals surface area contributed by atoms with Crippen molar-refractivity contribution in [3.63, 3.8) is 0 Å². The van der Waals surface area contributed by atoms with Crippen LogP contribution in [0.1, 0.15) is 21.7 Å². The Labute approximate surface area is 120 Å². The Bertz CT molecular complexity index is 640. The first kappa shape index (κ1) is 14.5. The quantitative estimate of drug-likeness (QED) is 0.767. The van der Waals surface area contributed by atoms with E-state index in [2.05, 4.69) is 25.3 Å². The summed E-state index contributed by atoms with van der Waals surface area (Å²) in [6, 6.07) is 4.27.